The molecule has 0 radical (unpaired) electrons. The smallest absolute Gasteiger partial charge is 0.418 e. The maximum absolute atomic E-state index is 13.1. The number of fused-ring (bicyclic) bond motifs is 1. The van der Waals surface area contributed by atoms with Crippen LogP contribution in [0.4, 0.5) is 18.9 Å². The summed E-state index contributed by atoms with van der Waals surface area (Å²) >= 11 is 11.9. The molecule has 0 atom stereocenters. The van der Waals surface area contributed by atoms with Crippen molar-refractivity contribution in [2.24, 2.45) is 0 Å². The fraction of sp³-hybridized carbons (Fsp3) is 0.158. The van der Waals surface area contributed by atoms with Crippen LogP contribution in [0.5, 0.6) is 5.75 Å². The van der Waals surface area contributed by atoms with Crippen LogP contribution in [0.3, 0.4) is 0 Å². The fourth-order valence-electron chi connectivity index (χ4n) is 2.64. The highest BCUT2D eigenvalue weighted by molar-refractivity contribution is 6.34. The molecule has 0 aliphatic rings. The molecule has 0 fully saturated rings. The van der Waals surface area contributed by atoms with Gasteiger partial charge in [0.15, 0.2) is 6.61 Å². The summed E-state index contributed by atoms with van der Waals surface area (Å²) < 4.78 is 49.7. The average molecular weight is 446 g/mol. The maximum atomic E-state index is 13.1. The number of para-hydroxylation sites is 1. The van der Waals surface area contributed by atoms with Gasteiger partial charge < -0.3 is 14.5 Å². The standard InChI is InChI=1S/C19H12Cl2F3NO4/c1-9-5-17(27)29-14-7-15(13(21)6-10(9)14)28-8-16(26)25-18-11(19(22,23)24)3-2-4-12(18)20/h2-7H,8H2,1H3,(H,25,26). The van der Waals surface area contributed by atoms with Crippen molar-refractivity contribution in [3.8, 4) is 5.75 Å². The van der Waals surface area contributed by atoms with Crippen LogP contribution >= 0.6 is 23.2 Å². The van der Waals surface area contributed by atoms with E-state index < -0.39 is 35.6 Å². The number of ether oxygens (including phenoxy) is 1. The molecule has 0 bridgehead atoms. The minimum Gasteiger partial charge on any atom is -0.482 e. The molecule has 0 aliphatic heterocycles. The van der Waals surface area contributed by atoms with E-state index in [0.29, 0.717) is 10.9 Å². The van der Waals surface area contributed by atoms with E-state index in [9.17, 15) is 22.8 Å². The Bertz CT molecular complexity index is 1160. The molecule has 1 amide bonds. The van der Waals surface area contributed by atoms with Gasteiger partial charge in [-0.25, -0.2) is 4.79 Å². The normalized spacial score (nSPS) is 11.5. The van der Waals surface area contributed by atoms with Crippen molar-refractivity contribution >= 4 is 45.8 Å². The third-order valence-electron chi connectivity index (χ3n) is 3.95. The highest BCUT2D eigenvalue weighted by Crippen LogP contribution is 2.38. The van der Waals surface area contributed by atoms with E-state index in [0.717, 1.165) is 12.1 Å². The van der Waals surface area contributed by atoms with E-state index in [1.165, 1.54) is 24.3 Å². The van der Waals surface area contributed by atoms with Crippen molar-refractivity contribution in [2.75, 3.05) is 11.9 Å². The van der Waals surface area contributed by atoms with Crippen molar-refractivity contribution in [1.82, 2.24) is 0 Å². The Morgan fingerprint density at radius 2 is 1.90 bits per heavy atom. The number of amides is 1. The van der Waals surface area contributed by atoms with Crippen LogP contribution in [0, 0.1) is 6.92 Å². The first kappa shape index (κ1) is 21.0. The topological polar surface area (TPSA) is 68.5 Å². The predicted molar refractivity (Wildman–Crippen MR) is 103 cm³/mol. The molecule has 0 aliphatic carbocycles. The first-order chi connectivity index (χ1) is 13.6. The molecular formula is C19H12Cl2F3NO4. The summed E-state index contributed by atoms with van der Waals surface area (Å²) in [4.78, 5) is 23.6. The number of benzene rings is 2. The second-order valence-electron chi connectivity index (χ2n) is 6.02. The highest BCUT2D eigenvalue weighted by Gasteiger charge is 2.34. The van der Waals surface area contributed by atoms with Gasteiger partial charge in [-0.3, -0.25) is 4.79 Å². The zero-order valence-electron chi connectivity index (χ0n) is 14.7. The molecule has 0 saturated carbocycles. The van der Waals surface area contributed by atoms with Gasteiger partial charge in [0.25, 0.3) is 5.91 Å². The van der Waals surface area contributed by atoms with Gasteiger partial charge in [0.05, 0.1) is 21.3 Å². The number of hydrogen-bond donors (Lipinski definition) is 1. The van der Waals surface area contributed by atoms with Crippen molar-refractivity contribution in [1.29, 1.82) is 0 Å². The summed E-state index contributed by atoms with van der Waals surface area (Å²) in [6.07, 6.45) is -4.70. The van der Waals surface area contributed by atoms with Crippen molar-refractivity contribution in [2.45, 2.75) is 13.1 Å². The number of alkyl halides is 3. The molecule has 1 aromatic heterocycles. The Morgan fingerprint density at radius 1 is 1.17 bits per heavy atom. The van der Waals surface area contributed by atoms with Gasteiger partial charge in [-0.1, -0.05) is 29.3 Å². The summed E-state index contributed by atoms with van der Waals surface area (Å²) in [5.41, 5.74) is -1.39. The van der Waals surface area contributed by atoms with Crippen LogP contribution < -0.4 is 15.7 Å². The molecule has 152 valence electrons. The molecule has 1 heterocycles. The first-order valence-electron chi connectivity index (χ1n) is 8.08. The van der Waals surface area contributed by atoms with Gasteiger partial charge in [0.2, 0.25) is 0 Å². The lowest BCUT2D eigenvalue weighted by molar-refractivity contribution is -0.137. The minimum atomic E-state index is -4.70. The van der Waals surface area contributed by atoms with Gasteiger partial charge in [-0.05, 0) is 30.7 Å². The molecule has 0 saturated heterocycles. The number of rotatable bonds is 4. The second-order valence-corrected chi connectivity index (χ2v) is 6.84. The molecule has 5 nitrogen and oxygen atoms in total. The molecule has 3 rings (SSSR count). The zero-order valence-corrected chi connectivity index (χ0v) is 16.2. The van der Waals surface area contributed by atoms with Crippen LogP contribution in [-0.2, 0) is 11.0 Å². The molecule has 2 aromatic carbocycles. The number of anilines is 1. The largest absolute Gasteiger partial charge is 0.482 e. The third-order valence-corrected chi connectivity index (χ3v) is 4.56. The van der Waals surface area contributed by atoms with E-state index in [2.05, 4.69) is 5.32 Å². The van der Waals surface area contributed by atoms with Gasteiger partial charge >= 0.3 is 11.8 Å². The van der Waals surface area contributed by atoms with Crippen LogP contribution in [0.1, 0.15) is 11.1 Å². The molecule has 0 spiro atoms. The maximum Gasteiger partial charge on any atom is 0.418 e. The fourth-order valence-corrected chi connectivity index (χ4v) is 3.08. The van der Waals surface area contributed by atoms with Gasteiger partial charge in [0, 0.05) is 17.5 Å². The Labute approximate surface area is 172 Å². The minimum absolute atomic E-state index is 0.0262. The summed E-state index contributed by atoms with van der Waals surface area (Å²) in [7, 11) is 0. The Kier molecular flexibility index (Phi) is 5.77. The van der Waals surface area contributed by atoms with E-state index in [1.54, 1.807) is 6.92 Å². The third kappa shape index (κ3) is 4.65. The number of carbonyl (C=O) groups is 1. The van der Waals surface area contributed by atoms with Crippen molar-refractivity contribution < 1.29 is 27.1 Å². The van der Waals surface area contributed by atoms with E-state index in [-0.39, 0.29) is 21.4 Å². The molecular weight excluding hydrogens is 434 g/mol. The monoisotopic (exact) mass is 445 g/mol. The quantitative estimate of drug-likeness (QED) is 0.542. The lowest BCUT2D eigenvalue weighted by atomic mass is 10.1. The Morgan fingerprint density at radius 3 is 2.59 bits per heavy atom. The molecule has 29 heavy (non-hydrogen) atoms. The van der Waals surface area contributed by atoms with Crippen LogP contribution in [0.15, 0.2) is 45.6 Å². The summed E-state index contributed by atoms with van der Waals surface area (Å²) in [5, 5.41) is 2.54. The van der Waals surface area contributed by atoms with Crippen molar-refractivity contribution in [3.63, 3.8) is 0 Å². The summed E-state index contributed by atoms with van der Waals surface area (Å²) in [6.45, 7) is 1.05. The van der Waals surface area contributed by atoms with Crippen LogP contribution in [0.25, 0.3) is 11.0 Å². The number of nitrogens with one attached hydrogen (secondary N) is 1. The van der Waals surface area contributed by atoms with Crippen molar-refractivity contribution in [3.05, 3.63) is 68.0 Å². The Balaban J connectivity index is 1.80. The lowest BCUT2D eigenvalue weighted by Gasteiger charge is -2.15. The molecule has 10 heteroatoms. The van der Waals surface area contributed by atoms with E-state index in [4.69, 9.17) is 32.4 Å². The number of hydrogen-bond acceptors (Lipinski definition) is 4. The Hall–Kier alpha value is -2.71. The predicted octanol–water partition coefficient (Wildman–Crippen LogP) is 5.44. The highest BCUT2D eigenvalue weighted by atomic mass is 35.5. The van der Waals surface area contributed by atoms with E-state index in [1.807, 2.05) is 0 Å². The summed E-state index contributed by atoms with van der Waals surface area (Å²) in [6, 6.07) is 7.27. The molecule has 0 unspecified atom stereocenters. The lowest BCUT2D eigenvalue weighted by Crippen LogP contribution is -2.22. The first-order valence-corrected chi connectivity index (χ1v) is 8.84. The second kappa shape index (κ2) is 7.96. The number of carbonyl (C=O) groups excluding carboxylic acids is 1. The van der Waals surface area contributed by atoms with Gasteiger partial charge in [-0.15, -0.1) is 0 Å². The average Bonchev–Trinajstić information content (AvgIpc) is 2.61. The molecule has 1 N–H and O–H groups in total. The number of halogens is 5. The van der Waals surface area contributed by atoms with Gasteiger partial charge in [0.1, 0.15) is 11.3 Å². The zero-order chi connectivity index (χ0) is 21.3. The van der Waals surface area contributed by atoms with Crippen LogP contribution in [0.2, 0.25) is 10.0 Å². The van der Waals surface area contributed by atoms with Gasteiger partial charge in [-0.2, -0.15) is 13.2 Å². The summed E-state index contributed by atoms with van der Waals surface area (Å²) in [5.74, 6) is -0.858. The van der Waals surface area contributed by atoms with Crippen LogP contribution in [-0.4, -0.2) is 12.5 Å². The SMILES string of the molecule is Cc1cc(=O)oc2cc(OCC(=O)Nc3c(Cl)cccc3C(F)(F)F)c(Cl)cc12. The number of aryl methyl sites for hydroxylation is 1. The van der Waals surface area contributed by atoms with E-state index >= 15 is 0 Å². The molecule has 3 aromatic rings.